The quantitative estimate of drug-likeness (QED) is 0.160. The number of hydrogen-bond acceptors (Lipinski definition) is 8. The number of ketones is 1. The summed E-state index contributed by atoms with van der Waals surface area (Å²) in [6.45, 7) is 2.67. The van der Waals surface area contributed by atoms with Crippen molar-refractivity contribution in [2.24, 2.45) is 0 Å². The van der Waals surface area contributed by atoms with Crippen LogP contribution in [0.5, 0.6) is 5.75 Å². The van der Waals surface area contributed by atoms with Gasteiger partial charge in [0.15, 0.2) is 5.69 Å². The number of anilines is 2. The van der Waals surface area contributed by atoms with Crippen molar-refractivity contribution in [2.75, 3.05) is 56.2 Å². The lowest BCUT2D eigenvalue weighted by Gasteiger charge is -2.35. The Morgan fingerprint density at radius 1 is 0.938 bits per heavy atom. The molecular weight excluding hydrogens is 630 g/mol. The van der Waals surface area contributed by atoms with Crippen LogP contribution in [0.2, 0.25) is 0 Å². The number of halogens is 4. The Balaban J connectivity index is 1.09. The van der Waals surface area contributed by atoms with Gasteiger partial charge in [-0.15, -0.1) is 0 Å². The van der Waals surface area contributed by atoms with Crippen LogP contribution in [0, 0.1) is 5.82 Å². The minimum atomic E-state index is -4.88. The molecule has 0 saturated carbocycles. The highest BCUT2D eigenvalue weighted by Gasteiger charge is 2.42. The van der Waals surface area contributed by atoms with Gasteiger partial charge < -0.3 is 23.9 Å². The third-order valence-electron chi connectivity index (χ3n) is 8.84. The molecule has 2 saturated heterocycles. The molecule has 2 aliphatic heterocycles. The van der Waals surface area contributed by atoms with E-state index in [1.807, 2.05) is 29.2 Å². The van der Waals surface area contributed by atoms with Gasteiger partial charge in [-0.2, -0.15) is 18.2 Å². The van der Waals surface area contributed by atoms with E-state index >= 15 is 0 Å². The van der Waals surface area contributed by atoms with Crippen molar-refractivity contribution in [3.63, 3.8) is 0 Å². The van der Waals surface area contributed by atoms with Gasteiger partial charge in [0, 0.05) is 57.8 Å². The van der Waals surface area contributed by atoms with E-state index < -0.39 is 29.2 Å². The van der Waals surface area contributed by atoms with Crippen LogP contribution in [0.1, 0.15) is 51.7 Å². The molecule has 0 spiro atoms. The van der Waals surface area contributed by atoms with Crippen molar-refractivity contribution in [3.05, 3.63) is 101 Å². The topological polar surface area (TPSA) is 92.0 Å². The van der Waals surface area contributed by atoms with E-state index in [-0.39, 0.29) is 30.7 Å². The van der Waals surface area contributed by atoms with E-state index in [0.717, 1.165) is 12.0 Å². The van der Waals surface area contributed by atoms with Crippen molar-refractivity contribution in [2.45, 2.75) is 37.8 Å². The largest absolute Gasteiger partial charge is 0.496 e. The van der Waals surface area contributed by atoms with Crippen molar-refractivity contribution >= 4 is 23.5 Å². The zero-order valence-electron chi connectivity index (χ0n) is 26.4. The highest BCUT2D eigenvalue weighted by Crippen LogP contribution is 2.38. The van der Waals surface area contributed by atoms with Crippen LogP contribution in [-0.4, -0.2) is 72.9 Å². The van der Waals surface area contributed by atoms with Crippen molar-refractivity contribution in [1.82, 2.24) is 14.9 Å². The lowest BCUT2D eigenvalue weighted by molar-refractivity contribution is -0.141. The van der Waals surface area contributed by atoms with Crippen molar-refractivity contribution in [1.29, 1.82) is 0 Å². The molecule has 9 nitrogen and oxygen atoms in total. The molecule has 2 fully saturated rings. The summed E-state index contributed by atoms with van der Waals surface area (Å²) < 4.78 is 67.2. The van der Waals surface area contributed by atoms with Crippen LogP contribution in [-0.2, 0) is 23.8 Å². The predicted molar refractivity (Wildman–Crippen MR) is 170 cm³/mol. The summed E-state index contributed by atoms with van der Waals surface area (Å²) in [7, 11) is 1.58. The second-order valence-electron chi connectivity index (χ2n) is 12.0. The Bertz CT molecular complexity index is 1750. The number of carbonyl (C=O) groups excluding carboxylic acids is 2. The van der Waals surface area contributed by atoms with Gasteiger partial charge in [0.2, 0.25) is 17.5 Å². The fourth-order valence-electron chi connectivity index (χ4n) is 6.31. The summed E-state index contributed by atoms with van der Waals surface area (Å²) in [5.74, 6) is -0.939. The molecular formula is C35H35F4N5O4. The number of Topliss-reactive ketones (excluding diaryl/α,β-unsaturated/α-hetero) is 1. The first kappa shape index (κ1) is 33.0. The summed E-state index contributed by atoms with van der Waals surface area (Å²) in [5.41, 5.74) is 0.385. The number of nitrogens with zero attached hydrogens (tertiary/aromatic N) is 5. The average Bonchev–Trinajstić information content (AvgIpc) is 3.57. The molecule has 4 aromatic rings. The molecule has 4 heterocycles. The van der Waals surface area contributed by atoms with Crippen LogP contribution < -0.4 is 14.5 Å². The fourth-order valence-corrected chi connectivity index (χ4v) is 6.31. The van der Waals surface area contributed by atoms with Crippen LogP contribution >= 0.6 is 0 Å². The molecule has 2 aromatic heterocycles. The monoisotopic (exact) mass is 665 g/mol. The van der Waals surface area contributed by atoms with Gasteiger partial charge in [0.1, 0.15) is 17.4 Å². The zero-order valence-corrected chi connectivity index (χ0v) is 26.4. The number of para-hydroxylation sites is 1. The SMILES string of the molecule is COc1ccccc1C1CCCN(c2nc(C(F)(F)F)c(C(=O)Cc3ccc(N4CCN(C(=O)Cc5ccccc5F)CC4)nc3)o2)C1. The number of ether oxygens (including phenoxy) is 1. The molecule has 0 aliphatic carbocycles. The number of aromatic nitrogens is 2. The lowest BCUT2D eigenvalue weighted by Crippen LogP contribution is -2.49. The Morgan fingerprint density at radius 2 is 1.69 bits per heavy atom. The Morgan fingerprint density at radius 3 is 2.40 bits per heavy atom. The van der Waals surface area contributed by atoms with E-state index in [9.17, 15) is 27.2 Å². The molecule has 0 bridgehead atoms. The highest BCUT2D eigenvalue weighted by atomic mass is 19.4. The summed E-state index contributed by atoms with van der Waals surface area (Å²) in [5, 5.41) is 0. The molecule has 48 heavy (non-hydrogen) atoms. The molecule has 1 unspecified atom stereocenters. The number of piperidine rings is 1. The van der Waals surface area contributed by atoms with Gasteiger partial charge >= 0.3 is 6.18 Å². The summed E-state index contributed by atoms with van der Waals surface area (Å²) in [6.07, 6.45) is -2.28. The standard InChI is InChI=1S/C35H35F4N5O4/c1-47-29-11-5-3-9-26(29)25-8-6-14-44(22-25)34-41-33(35(37,38)39)32(48-34)28(45)19-23-12-13-30(40-21-23)42-15-17-43(18-16-42)31(46)20-24-7-2-4-10-27(24)36/h2-5,7,9-13,21,25H,6,8,14-20,22H2,1H3. The number of pyridine rings is 1. The number of hydrogen-bond donors (Lipinski definition) is 0. The second kappa shape index (κ2) is 14.0. The predicted octanol–water partition coefficient (Wildman–Crippen LogP) is 5.94. The van der Waals surface area contributed by atoms with Gasteiger partial charge in [-0.05, 0) is 47.7 Å². The van der Waals surface area contributed by atoms with Gasteiger partial charge in [-0.1, -0.05) is 42.5 Å². The maximum Gasteiger partial charge on any atom is 0.437 e. The molecule has 252 valence electrons. The first-order chi connectivity index (χ1) is 23.1. The Kier molecular flexibility index (Phi) is 9.65. The number of amides is 1. The number of rotatable bonds is 9. The minimum absolute atomic E-state index is 0.0118. The smallest absolute Gasteiger partial charge is 0.437 e. The Hall–Kier alpha value is -4.94. The molecule has 0 radical (unpaired) electrons. The van der Waals surface area contributed by atoms with E-state index in [1.165, 1.54) is 12.3 Å². The van der Waals surface area contributed by atoms with Gasteiger partial charge in [-0.3, -0.25) is 9.59 Å². The number of benzene rings is 2. The van der Waals surface area contributed by atoms with Crippen LogP contribution in [0.3, 0.4) is 0 Å². The van der Waals surface area contributed by atoms with Crippen LogP contribution in [0.4, 0.5) is 29.4 Å². The number of alkyl halides is 3. The number of oxazole rings is 1. The zero-order chi connectivity index (χ0) is 33.8. The number of carbonyl (C=O) groups is 2. The average molecular weight is 666 g/mol. The van der Waals surface area contributed by atoms with Crippen molar-refractivity contribution < 1.29 is 36.3 Å². The minimum Gasteiger partial charge on any atom is -0.496 e. The third-order valence-corrected chi connectivity index (χ3v) is 8.84. The van der Waals surface area contributed by atoms with Crippen LogP contribution in [0.25, 0.3) is 0 Å². The van der Waals surface area contributed by atoms with Gasteiger partial charge in [-0.25, -0.2) is 9.37 Å². The molecule has 2 aromatic carbocycles. The van der Waals surface area contributed by atoms with Gasteiger partial charge in [0.25, 0.3) is 6.01 Å². The van der Waals surface area contributed by atoms with Crippen LogP contribution in [0.15, 0.2) is 71.3 Å². The summed E-state index contributed by atoms with van der Waals surface area (Å²) in [6, 6.07) is 16.8. The second-order valence-corrected chi connectivity index (χ2v) is 12.0. The van der Waals surface area contributed by atoms with E-state index in [2.05, 4.69) is 9.97 Å². The first-order valence-electron chi connectivity index (χ1n) is 15.8. The maximum atomic E-state index is 14.1. The lowest BCUT2D eigenvalue weighted by atomic mass is 9.90. The van der Waals surface area contributed by atoms with E-state index in [4.69, 9.17) is 9.15 Å². The molecule has 6 rings (SSSR count). The number of piperazine rings is 1. The molecule has 13 heteroatoms. The molecule has 1 atom stereocenters. The summed E-state index contributed by atoms with van der Waals surface area (Å²) in [4.78, 5) is 39.4. The highest BCUT2D eigenvalue weighted by molar-refractivity contribution is 5.96. The van der Waals surface area contributed by atoms with Gasteiger partial charge in [0.05, 0.1) is 13.5 Å². The molecule has 2 aliphatic rings. The third kappa shape index (κ3) is 7.29. The van der Waals surface area contributed by atoms with E-state index in [0.29, 0.717) is 68.4 Å². The molecule has 0 N–H and O–H groups in total. The van der Waals surface area contributed by atoms with E-state index in [1.54, 1.807) is 47.2 Å². The first-order valence-corrected chi connectivity index (χ1v) is 15.8. The van der Waals surface area contributed by atoms with Crippen molar-refractivity contribution in [3.8, 4) is 5.75 Å². The Labute approximate surface area is 275 Å². The maximum absolute atomic E-state index is 14.1. The normalized spacial score (nSPS) is 17.0. The molecule has 1 amide bonds. The number of methoxy groups -OCH3 is 1. The fraction of sp³-hybridized carbons (Fsp3) is 0.371. The summed E-state index contributed by atoms with van der Waals surface area (Å²) >= 11 is 0.